The minimum Gasteiger partial charge on any atom is -0.496 e. The van der Waals surface area contributed by atoms with Crippen LogP contribution in [0.4, 0.5) is 14.5 Å². The van der Waals surface area contributed by atoms with Crippen LogP contribution in [0.1, 0.15) is 11.1 Å². The Kier molecular flexibility index (Phi) is 6.95. The van der Waals surface area contributed by atoms with Crippen molar-refractivity contribution < 1.29 is 13.5 Å². The first-order valence-corrected chi connectivity index (χ1v) is 9.55. The zero-order valence-electron chi connectivity index (χ0n) is 16.1. The highest BCUT2D eigenvalue weighted by molar-refractivity contribution is 7.80. The van der Waals surface area contributed by atoms with Crippen molar-refractivity contribution in [2.24, 2.45) is 10.8 Å². The van der Waals surface area contributed by atoms with E-state index in [-0.39, 0.29) is 16.4 Å². The maximum absolute atomic E-state index is 14.6. The second-order valence-electron chi connectivity index (χ2n) is 6.64. The Hall–Kier alpha value is -2.78. The third kappa shape index (κ3) is 5.39. The summed E-state index contributed by atoms with van der Waals surface area (Å²) < 4.78 is 34.6. The van der Waals surface area contributed by atoms with Crippen LogP contribution in [0.25, 0.3) is 0 Å². The molecule has 1 aliphatic rings. The fourth-order valence-electron chi connectivity index (χ4n) is 3.34. The number of halogens is 2. The number of nitrogens with two attached hydrogens (primary N) is 1. The molecule has 1 heterocycles. The van der Waals surface area contributed by atoms with Crippen LogP contribution in [-0.2, 0) is 6.54 Å². The highest BCUT2D eigenvalue weighted by atomic mass is 32.1. The second-order valence-corrected chi connectivity index (χ2v) is 7.08. The summed E-state index contributed by atoms with van der Waals surface area (Å²) in [4.78, 5) is 3.98. The Labute approximate surface area is 173 Å². The van der Waals surface area contributed by atoms with Crippen LogP contribution < -0.4 is 20.8 Å². The summed E-state index contributed by atoms with van der Waals surface area (Å²) in [5.74, 6) is -0.408. The van der Waals surface area contributed by atoms with Crippen LogP contribution in [0.15, 0.2) is 41.5 Å². The van der Waals surface area contributed by atoms with E-state index in [0.717, 1.165) is 17.9 Å². The predicted molar refractivity (Wildman–Crippen MR) is 114 cm³/mol. The lowest BCUT2D eigenvalue weighted by Gasteiger charge is -2.36. The lowest BCUT2D eigenvalue weighted by molar-refractivity contribution is 0.245. The molecule has 0 spiro atoms. The largest absolute Gasteiger partial charge is 0.496 e. The molecule has 0 aliphatic carbocycles. The molecule has 0 amide bonds. The van der Waals surface area contributed by atoms with Gasteiger partial charge in [-0.05, 0) is 30.4 Å². The zero-order valence-corrected chi connectivity index (χ0v) is 16.9. The summed E-state index contributed by atoms with van der Waals surface area (Å²) in [6.07, 6.45) is 1.26. The van der Waals surface area contributed by atoms with E-state index in [1.54, 1.807) is 12.0 Å². The summed E-state index contributed by atoms with van der Waals surface area (Å²) in [5.41, 5.74) is 8.97. The van der Waals surface area contributed by atoms with Crippen LogP contribution in [0, 0.1) is 11.6 Å². The summed E-state index contributed by atoms with van der Waals surface area (Å²) in [6.45, 7) is 3.17. The third-order valence-electron chi connectivity index (χ3n) is 4.70. The maximum Gasteiger partial charge on any atom is 0.184 e. The van der Waals surface area contributed by atoms with E-state index in [9.17, 15) is 8.78 Å². The molecular weight excluding hydrogens is 396 g/mol. The summed E-state index contributed by atoms with van der Waals surface area (Å²) in [6, 6.07) is 10.3. The van der Waals surface area contributed by atoms with Gasteiger partial charge >= 0.3 is 0 Å². The van der Waals surface area contributed by atoms with Gasteiger partial charge in [-0.25, -0.2) is 8.78 Å². The van der Waals surface area contributed by atoms with Crippen molar-refractivity contribution in [1.82, 2.24) is 10.3 Å². The molecule has 0 atom stereocenters. The molecule has 3 N–H and O–H groups in total. The molecule has 2 aromatic carbocycles. The quantitative estimate of drug-likeness (QED) is 0.426. The van der Waals surface area contributed by atoms with Gasteiger partial charge in [0.05, 0.1) is 13.3 Å². The molecule has 6 nitrogen and oxygen atoms in total. The number of rotatable bonds is 6. The van der Waals surface area contributed by atoms with Gasteiger partial charge in [-0.1, -0.05) is 18.2 Å². The van der Waals surface area contributed by atoms with Crippen LogP contribution in [0.5, 0.6) is 5.75 Å². The molecule has 1 aliphatic heterocycles. The number of nitrogens with zero attached hydrogens (tertiary/aromatic N) is 3. The Morgan fingerprint density at radius 1 is 1.21 bits per heavy atom. The maximum atomic E-state index is 14.6. The minimum absolute atomic E-state index is 0.0126. The van der Waals surface area contributed by atoms with E-state index >= 15 is 0 Å². The number of hydrogen-bond donors (Lipinski definition) is 2. The van der Waals surface area contributed by atoms with Crippen molar-refractivity contribution in [3.8, 4) is 5.75 Å². The van der Waals surface area contributed by atoms with Crippen molar-refractivity contribution in [2.45, 2.75) is 6.54 Å². The molecule has 0 unspecified atom stereocenters. The monoisotopic (exact) mass is 419 g/mol. The number of benzene rings is 2. The molecule has 29 heavy (non-hydrogen) atoms. The van der Waals surface area contributed by atoms with Crippen molar-refractivity contribution in [2.75, 3.05) is 38.2 Å². The van der Waals surface area contributed by atoms with Crippen LogP contribution in [0.3, 0.4) is 0 Å². The first-order valence-electron chi connectivity index (χ1n) is 9.14. The highest BCUT2D eigenvalue weighted by Crippen LogP contribution is 2.27. The summed E-state index contributed by atoms with van der Waals surface area (Å²) in [5, 5.41) is 3.70. The number of hydrazone groups is 1. The fraction of sp³-hybridized carbons (Fsp3) is 0.300. The topological polar surface area (TPSA) is 66.1 Å². The van der Waals surface area contributed by atoms with Crippen molar-refractivity contribution in [1.29, 1.82) is 0 Å². The van der Waals surface area contributed by atoms with Gasteiger partial charge in [-0.2, -0.15) is 5.10 Å². The molecule has 0 bridgehead atoms. The van der Waals surface area contributed by atoms with E-state index in [2.05, 4.69) is 27.6 Å². The SMILES string of the molecule is COc1ccccc1CN1CCN(c2c(F)cc(/C=N/NC(N)=S)cc2F)CC1. The van der Waals surface area contributed by atoms with Gasteiger partial charge in [0, 0.05) is 43.9 Å². The average molecular weight is 420 g/mol. The fourth-order valence-corrected chi connectivity index (χ4v) is 3.39. The molecule has 0 aromatic heterocycles. The molecule has 2 aromatic rings. The lowest BCUT2D eigenvalue weighted by atomic mass is 10.1. The first-order chi connectivity index (χ1) is 14.0. The van der Waals surface area contributed by atoms with Gasteiger partial charge in [0.25, 0.3) is 0 Å². The number of methoxy groups -OCH3 is 1. The molecular formula is C20H23F2N5OS. The number of para-hydroxylation sites is 1. The minimum atomic E-state index is -0.625. The first kappa shape index (κ1) is 20.9. The van der Waals surface area contributed by atoms with Gasteiger partial charge in [0.15, 0.2) is 5.11 Å². The van der Waals surface area contributed by atoms with Gasteiger partial charge < -0.3 is 15.4 Å². The molecule has 154 valence electrons. The van der Waals surface area contributed by atoms with Crippen LogP contribution in [-0.4, -0.2) is 49.5 Å². The number of piperazine rings is 1. The predicted octanol–water partition coefficient (Wildman–Crippen LogP) is 2.46. The van der Waals surface area contributed by atoms with Gasteiger partial charge in [-0.15, -0.1) is 0 Å². The Morgan fingerprint density at radius 3 is 2.48 bits per heavy atom. The van der Waals surface area contributed by atoms with E-state index in [4.69, 9.17) is 10.5 Å². The number of hydrogen-bond acceptors (Lipinski definition) is 5. The van der Waals surface area contributed by atoms with Crippen LogP contribution in [0.2, 0.25) is 0 Å². The molecule has 9 heteroatoms. The van der Waals surface area contributed by atoms with E-state index in [0.29, 0.717) is 26.2 Å². The smallest absolute Gasteiger partial charge is 0.184 e. The average Bonchev–Trinajstić information content (AvgIpc) is 2.69. The number of ether oxygens (including phenoxy) is 1. The number of thiocarbonyl (C=S) groups is 1. The van der Waals surface area contributed by atoms with Crippen molar-refractivity contribution in [3.05, 3.63) is 59.2 Å². The van der Waals surface area contributed by atoms with Gasteiger partial charge in [0.1, 0.15) is 23.1 Å². The highest BCUT2D eigenvalue weighted by Gasteiger charge is 2.23. The van der Waals surface area contributed by atoms with E-state index < -0.39 is 11.6 Å². The van der Waals surface area contributed by atoms with Crippen LogP contribution >= 0.6 is 12.2 Å². The summed E-state index contributed by atoms with van der Waals surface area (Å²) in [7, 11) is 1.65. The van der Waals surface area contributed by atoms with Gasteiger partial charge in [-0.3, -0.25) is 10.3 Å². The third-order valence-corrected chi connectivity index (χ3v) is 4.79. The normalized spacial score (nSPS) is 14.9. The van der Waals surface area contributed by atoms with Gasteiger partial charge in [0.2, 0.25) is 0 Å². The summed E-state index contributed by atoms with van der Waals surface area (Å²) >= 11 is 4.62. The molecule has 0 saturated carbocycles. The molecule has 1 saturated heterocycles. The molecule has 0 radical (unpaired) electrons. The Balaban J connectivity index is 1.64. The number of nitrogens with one attached hydrogen (secondary N) is 1. The lowest BCUT2D eigenvalue weighted by Crippen LogP contribution is -2.46. The van der Waals surface area contributed by atoms with E-state index in [1.807, 2.05) is 24.3 Å². The number of anilines is 1. The Bertz CT molecular complexity index is 877. The van der Waals surface area contributed by atoms with Crippen molar-refractivity contribution >= 4 is 29.2 Å². The second kappa shape index (κ2) is 9.62. The van der Waals surface area contributed by atoms with E-state index in [1.165, 1.54) is 18.3 Å². The molecule has 1 fully saturated rings. The Morgan fingerprint density at radius 2 is 1.86 bits per heavy atom. The standard InChI is InChI=1S/C20H23F2N5OS/c1-28-18-5-3-2-4-15(18)13-26-6-8-27(9-7-26)19-16(21)10-14(11-17(19)22)12-24-25-20(23)29/h2-5,10-12H,6-9,13H2,1H3,(H3,23,25,29)/b24-12+. The zero-order chi connectivity index (χ0) is 20.8. The molecule has 3 rings (SSSR count). The van der Waals surface area contributed by atoms with Crippen molar-refractivity contribution in [3.63, 3.8) is 0 Å².